The lowest BCUT2D eigenvalue weighted by Crippen LogP contribution is -2.34. The van der Waals surface area contributed by atoms with E-state index in [2.05, 4.69) is 0 Å². The number of halogens is 3. The van der Waals surface area contributed by atoms with E-state index in [1.165, 1.54) is 6.92 Å². The Balaban J connectivity index is 3.94. The van der Waals surface area contributed by atoms with Gasteiger partial charge in [0.05, 0.1) is 0 Å². The van der Waals surface area contributed by atoms with Crippen molar-refractivity contribution in [3.05, 3.63) is 0 Å². The molecule has 2 atom stereocenters. The molecule has 10 heavy (non-hydrogen) atoms. The predicted molar refractivity (Wildman–Crippen MR) is 31.5 cm³/mol. The highest BCUT2D eigenvalue weighted by atomic mass is 19.4. The van der Waals surface area contributed by atoms with Gasteiger partial charge in [-0.1, -0.05) is 20.3 Å². The highest BCUT2D eigenvalue weighted by molar-refractivity contribution is 4.70. The van der Waals surface area contributed by atoms with E-state index in [4.69, 9.17) is 5.11 Å². The Morgan fingerprint density at radius 2 is 1.80 bits per heavy atom. The smallest absolute Gasteiger partial charge is 0.383 e. The van der Waals surface area contributed by atoms with Gasteiger partial charge in [0.25, 0.3) is 0 Å². The zero-order valence-corrected chi connectivity index (χ0v) is 5.94. The molecule has 1 nitrogen and oxygen atoms in total. The Bertz CT molecular complexity index is 99.7. The van der Waals surface area contributed by atoms with Crippen molar-refractivity contribution in [2.45, 2.75) is 32.5 Å². The monoisotopic (exact) mass is 156 g/mol. The molecule has 1 N–H and O–H groups in total. The number of rotatable bonds is 2. The number of hydrogen-bond acceptors (Lipinski definition) is 1. The Kier molecular flexibility index (Phi) is 3.15. The Labute approximate surface area is 57.9 Å². The minimum atomic E-state index is -4.46. The van der Waals surface area contributed by atoms with Crippen LogP contribution in [0.5, 0.6) is 0 Å². The average molecular weight is 156 g/mol. The maximum Gasteiger partial charge on any atom is 0.414 e. The molecular formula is C6H11F3O. The predicted octanol–water partition coefficient (Wildman–Crippen LogP) is 1.96. The van der Waals surface area contributed by atoms with E-state index in [9.17, 15) is 13.2 Å². The molecule has 0 saturated heterocycles. The van der Waals surface area contributed by atoms with Crippen molar-refractivity contribution in [2.24, 2.45) is 5.92 Å². The zero-order valence-electron chi connectivity index (χ0n) is 5.94. The SMILES string of the molecule is CCC(C)[C@@H](O)C(F)(F)F. The summed E-state index contributed by atoms with van der Waals surface area (Å²) >= 11 is 0. The third-order valence-electron chi connectivity index (χ3n) is 1.52. The summed E-state index contributed by atoms with van der Waals surface area (Å²) in [5.74, 6) is -0.708. The van der Waals surface area contributed by atoms with Crippen molar-refractivity contribution in [3.63, 3.8) is 0 Å². The molecule has 1 unspecified atom stereocenters. The van der Waals surface area contributed by atoms with Gasteiger partial charge >= 0.3 is 6.18 Å². The first-order chi connectivity index (χ1) is 4.39. The van der Waals surface area contributed by atoms with E-state index in [0.29, 0.717) is 6.42 Å². The van der Waals surface area contributed by atoms with Gasteiger partial charge in [0, 0.05) is 0 Å². The fourth-order valence-corrected chi connectivity index (χ4v) is 0.546. The van der Waals surface area contributed by atoms with Crippen LogP contribution in [-0.2, 0) is 0 Å². The summed E-state index contributed by atoms with van der Waals surface area (Å²) in [6.07, 6.45) is -6.30. The van der Waals surface area contributed by atoms with Gasteiger partial charge in [0.15, 0.2) is 6.10 Å². The van der Waals surface area contributed by atoms with E-state index in [-0.39, 0.29) is 0 Å². The second kappa shape index (κ2) is 3.23. The molecule has 0 bridgehead atoms. The van der Waals surface area contributed by atoms with E-state index in [0.717, 1.165) is 0 Å². The molecule has 0 aromatic rings. The van der Waals surface area contributed by atoms with Crippen molar-refractivity contribution < 1.29 is 18.3 Å². The number of hydrogen-bond donors (Lipinski definition) is 1. The van der Waals surface area contributed by atoms with Crippen LogP contribution in [0.2, 0.25) is 0 Å². The maximum absolute atomic E-state index is 11.6. The molecule has 0 rings (SSSR count). The van der Waals surface area contributed by atoms with E-state index in [1.54, 1.807) is 6.92 Å². The molecule has 0 amide bonds. The fraction of sp³-hybridized carbons (Fsp3) is 1.00. The molecule has 0 spiro atoms. The largest absolute Gasteiger partial charge is 0.414 e. The lowest BCUT2D eigenvalue weighted by Gasteiger charge is -2.19. The summed E-state index contributed by atoms with van der Waals surface area (Å²) in [6, 6.07) is 0. The highest BCUT2D eigenvalue weighted by Gasteiger charge is 2.40. The topological polar surface area (TPSA) is 20.2 Å². The van der Waals surface area contributed by atoms with Crippen LogP contribution in [0.25, 0.3) is 0 Å². The lowest BCUT2D eigenvalue weighted by molar-refractivity contribution is -0.217. The van der Waals surface area contributed by atoms with Gasteiger partial charge < -0.3 is 5.11 Å². The van der Waals surface area contributed by atoms with E-state index in [1.807, 2.05) is 0 Å². The van der Waals surface area contributed by atoms with Crippen LogP contribution in [0.4, 0.5) is 13.2 Å². The molecule has 0 radical (unpaired) electrons. The molecule has 0 heterocycles. The minimum Gasteiger partial charge on any atom is -0.383 e. The van der Waals surface area contributed by atoms with Gasteiger partial charge in [0.2, 0.25) is 0 Å². The normalized spacial score (nSPS) is 18.6. The molecule has 0 saturated carbocycles. The third kappa shape index (κ3) is 2.56. The average Bonchev–Trinajstić information content (AvgIpc) is 1.83. The van der Waals surface area contributed by atoms with Crippen LogP contribution < -0.4 is 0 Å². The van der Waals surface area contributed by atoms with Crippen molar-refractivity contribution >= 4 is 0 Å². The molecular weight excluding hydrogens is 145 g/mol. The molecule has 0 aliphatic rings. The first kappa shape index (κ1) is 9.75. The summed E-state index contributed by atoms with van der Waals surface area (Å²) in [5.41, 5.74) is 0. The van der Waals surface area contributed by atoms with E-state index < -0.39 is 18.2 Å². The molecule has 62 valence electrons. The van der Waals surface area contributed by atoms with Crippen LogP contribution in [-0.4, -0.2) is 17.4 Å². The van der Waals surface area contributed by atoms with Gasteiger partial charge in [-0.25, -0.2) is 0 Å². The molecule has 0 aliphatic carbocycles. The molecule has 0 aromatic carbocycles. The minimum absolute atomic E-state index is 0.334. The summed E-state index contributed by atoms with van der Waals surface area (Å²) in [6.45, 7) is 2.98. The highest BCUT2D eigenvalue weighted by Crippen LogP contribution is 2.26. The third-order valence-corrected chi connectivity index (χ3v) is 1.52. The zero-order chi connectivity index (χ0) is 8.36. The van der Waals surface area contributed by atoms with Crippen LogP contribution >= 0.6 is 0 Å². The fourth-order valence-electron chi connectivity index (χ4n) is 0.546. The Hall–Kier alpha value is -0.250. The summed E-state index contributed by atoms with van der Waals surface area (Å²) < 4.78 is 34.9. The first-order valence-corrected chi connectivity index (χ1v) is 3.14. The molecule has 0 fully saturated rings. The summed E-state index contributed by atoms with van der Waals surface area (Å²) in [7, 11) is 0. The van der Waals surface area contributed by atoms with Crippen molar-refractivity contribution in [3.8, 4) is 0 Å². The van der Waals surface area contributed by atoms with Gasteiger partial charge in [-0.05, 0) is 5.92 Å². The quantitative estimate of drug-likeness (QED) is 0.647. The number of aliphatic hydroxyl groups excluding tert-OH is 1. The van der Waals surface area contributed by atoms with Crippen LogP contribution in [0.15, 0.2) is 0 Å². The van der Waals surface area contributed by atoms with E-state index >= 15 is 0 Å². The molecule has 0 aromatic heterocycles. The number of aliphatic hydroxyl groups is 1. The number of alkyl halides is 3. The van der Waals surface area contributed by atoms with Gasteiger partial charge in [0.1, 0.15) is 0 Å². The van der Waals surface area contributed by atoms with Crippen LogP contribution in [0.3, 0.4) is 0 Å². The Morgan fingerprint density at radius 3 is 1.90 bits per heavy atom. The van der Waals surface area contributed by atoms with Crippen molar-refractivity contribution in [2.75, 3.05) is 0 Å². The molecule has 4 heteroatoms. The maximum atomic E-state index is 11.6. The second-order valence-corrected chi connectivity index (χ2v) is 2.37. The lowest BCUT2D eigenvalue weighted by atomic mass is 10.0. The van der Waals surface area contributed by atoms with Crippen LogP contribution in [0.1, 0.15) is 20.3 Å². The summed E-state index contributed by atoms with van der Waals surface area (Å²) in [4.78, 5) is 0. The van der Waals surface area contributed by atoms with Gasteiger partial charge in [-0.2, -0.15) is 13.2 Å². The molecule has 0 aliphatic heterocycles. The summed E-state index contributed by atoms with van der Waals surface area (Å²) in [5, 5.41) is 8.53. The second-order valence-electron chi connectivity index (χ2n) is 2.37. The standard InChI is InChI=1S/C6H11F3O/c1-3-4(2)5(10)6(7,8)9/h4-5,10H,3H2,1-2H3/t4?,5-/m1/s1. The Morgan fingerprint density at radius 1 is 1.40 bits per heavy atom. The van der Waals surface area contributed by atoms with Crippen molar-refractivity contribution in [1.82, 2.24) is 0 Å². The van der Waals surface area contributed by atoms with Crippen LogP contribution in [0, 0.1) is 5.92 Å². The first-order valence-electron chi connectivity index (χ1n) is 3.14. The van der Waals surface area contributed by atoms with Gasteiger partial charge in [-0.15, -0.1) is 0 Å². The van der Waals surface area contributed by atoms with Crippen molar-refractivity contribution in [1.29, 1.82) is 0 Å². The van der Waals surface area contributed by atoms with Gasteiger partial charge in [-0.3, -0.25) is 0 Å².